The van der Waals surface area contributed by atoms with Crippen LogP contribution in [0.5, 0.6) is 0 Å². The van der Waals surface area contributed by atoms with Crippen molar-refractivity contribution in [2.24, 2.45) is 5.10 Å². The fourth-order valence-electron chi connectivity index (χ4n) is 1.65. The molecule has 2 aromatic carbocycles. The number of nitrogens with zero attached hydrogens (tertiary/aromatic N) is 3. The lowest BCUT2D eigenvalue weighted by Crippen LogP contribution is -1.97. The molecular formula is C13H9ClN4O4. The summed E-state index contributed by atoms with van der Waals surface area (Å²) < 4.78 is 0. The van der Waals surface area contributed by atoms with Crippen LogP contribution in [-0.2, 0) is 0 Å². The summed E-state index contributed by atoms with van der Waals surface area (Å²) in [7, 11) is 0. The van der Waals surface area contributed by atoms with Crippen LogP contribution in [0.1, 0.15) is 5.56 Å². The monoisotopic (exact) mass is 320 g/mol. The zero-order chi connectivity index (χ0) is 16.1. The fraction of sp³-hybridized carbons (Fsp3) is 0. The lowest BCUT2D eigenvalue weighted by atomic mass is 10.2. The van der Waals surface area contributed by atoms with Crippen molar-refractivity contribution < 1.29 is 9.85 Å². The van der Waals surface area contributed by atoms with Gasteiger partial charge in [-0.3, -0.25) is 25.7 Å². The van der Waals surface area contributed by atoms with Crippen molar-refractivity contribution in [2.45, 2.75) is 0 Å². The van der Waals surface area contributed by atoms with E-state index in [2.05, 4.69) is 10.5 Å². The second kappa shape index (κ2) is 6.64. The average molecular weight is 321 g/mol. The average Bonchev–Trinajstić information content (AvgIpc) is 2.49. The molecule has 0 amide bonds. The molecule has 0 atom stereocenters. The Morgan fingerprint density at radius 1 is 1.05 bits per heavy atom. The van der Waals surface area contributed by atoms with Crippen LogP contribution in [0.3, 0.4) is 0 Å². The third-order valence-corrected chi connectivity index (χ3v) is 2.99. The van der Waals surface area contributed by atoms with Crippen LogP contribution < -0.4 is 5.43 Å². The maximum absolute atomic E-state index is 10.8. The van der Waals surface area contributed by atoms with Gasteiger partial charge in [0, 0.05) is 17.7 Å². The van der Waals surface area contributed by atoms with Gasteiger partial charge >= 0.3 is 0 Å². The number of hydrogen-bond donors (Lipinski definition) is 1. The Morgan fingerprint density at radius 3 is 2.41 bits per heavy atom. The summed E-state index contributed by atoms with van der Waals surface area (Å²) in [5.41, 5.74) is 2.82. The van der Waals surface area contributed by atoms with Crippen molar-refractivity contribution in [1.82, 2.24) is 0 Å². The van der Waals surface area contributed by atoms with E-state index in [1.807, 2.05) is 0 Å². The summed E-state index contributed by atoms with van der Waals surface area (Å²) >= 11 is 5.70. The van der Waals surface area contributed by atoms with Gasteiger partial charge in [-0.15, -0.1) is 0 Å². The van der Waals surface area contributed by atoms with E-state index in [1.54, 1.807) is 12.1 Å². The summed E-state index contributed by atoms with van der Waals surface area (Å²) in [5.74, 6) is 0. The third kappa shape index (κ3) is 3.55. The van der Waals surface area contributed by atoms with Gasteiger partial charge in [0.2, 0.25) is 0 Å². The molecule has 0 unspecified atom stereocenters. The number of nitro benzene ring substituents is 2. The van der Waals surface area contributed by atoms with Crippen molar-refractivity contribution in [3.8, 4) is 0 Å². The van der Waals surface area contributed by atoms with Crippen molar-refractivity contribution >= 4 is 34.9 Å². The lowest BCUT2D eigenvalue weighted by Gasteiger charge is -2.01. The molecule has 1 N–H and O–H groups in total. The summed E-state index contributed by atoms with van der Waals surface area (Å²) in [5, 5.41) is 25.5. The Morgan fingerprint density at radius 2 is 1.73 bits per heavy atom. The topological polar surface area (TPSA) is 111 Å². The largest absolute Gasteiger partial charge is 0.294 e. The molecule has 9 heteroatoms. The van der Waals surface area contributed by atoms with Gasteiger partial charge in [0.05, 0.1) is 16.1 Å². The van der Waals surface area contributed by atoms with Gasteiger partial charge < -0.3 is 0 Å². The first-order valence-electron chi connectivity index (χ1n) is 5.95. The van der Waals surface area contributed by atoms with Crippen LogP contribution in [0.2, 0.25) is 5.02 Å². The van der Waals surface area contributed by atoms with Crippen LogP contribution in [0.15, 0.2) is 47.6 Å². The fourth-order valence-corrected chi connectivity index (χ4v) is 1.84. The van der Waals surface area contributed by atoms with Crippen LogP contribution in [0, 0.1) is 20.2 Å². The number of nitrogens with one attached hydrogen (secondary N) is 1. The van der Waals surface area contributed by atoms with E-state index in [9.17, 15) is 20.2 Å². The number of para-hydroxylation sites is 2. The van der Waals surface area contributed by atoms with E-state index >= 15 is 0 Å². The maximum atomic E-state index is 10.8. The Labute approximate surface area is 129 Å². The van der Waals surface area contributed by atoms with Crippen molar-refractivity contribution in [3.05, 3.63) is 73.3 Å². The summed E-state index contributed by atoms with van der Waals surface area (Å²) in [6.45, 7) is 0. The van der Waals surface area contributed by atoms with E-state index in [0.717, 1.165) is 0 Å². The predicted molar refractivity (Wildman–Crippen MR) is 82.4 cm³/mol. The molecule has 0 saturated heterocycles. The molecule has 0 radical (unpaired) electrons. The Balaban J connectivity index is 2.19. The zero-order valence-electron chi connectivity index (χ0n) is 11.0. The van der Waals surface area contributed by atoms with E-state index in [-0.39, 0.29) is 22.1 Å². The highest BCUT2D eigenvalue weighted by Crippen LogP contribution is 2.25. The molecule has 0 aliphatic rings. The molecule has 0 bridgehead atoms. The van der Waals surface area contributed by atoms with Gasteiger partial charge in [-0.2, -0.15) is 5.10 Å². The SMILES string of the molecule is O=[N+]([O-])c1cc(/C=N/Nc2ccccc2[N+](=O)[O-])ccc1Cl. The molecule has 112 valence electrons. The molecule has 2 rings (SSSR count). The quantitative estimate of drug-likeness (QED) is 0.514. The van der Waals surface area contributed by atoms with Gasteiger partial charge in [0.15, 0.2) is 0 Å². The summed E-state index contributed by atoms with van der Waals surface area (Å²) in [4.78, 5) is 20.5. The minimum Gasteiger partial charge on any atom is -0.272 e. The maximum Gasteiger partial charge on any atom is 0.294 e. The molecular weight excluding hydrogens is 312 g/mol. The molecule has 0 heterocycles. The lowest BCUT2D eigenvalue weighted by molar-refractivity contribution is -0.384. The van der Waals surface area contributed by atoms with Crippen molar-refractivity contribution in [3.63, 3.8) is 0 Å². The van der Waals surface area contributed by atoms with E-state index in [4.69, 9.17) is 11.6 Å². The van der Waals surface area contributed by atoms with E-state index in [0.29, 0.717) is 5.56 Å². The van der Waals surface area contributed by atoms with Crippen LogP contribution in [-0.4, -0.2) is 16.1 Å². The van der Waals surface area contributed by atoms with Gasteiger partial charge in [-0.1, -0.05) is 29.8 Å². The van der Waals surface area contributed by atoms with E-state index < -0.39 is 9.85 Å². The Hall–Kier alpha value is -3.00. The number of rotatable bonds is 5. The van der Waals surface area contributed by atoms with Crippen LogP contribution in [0.25, 0.3) is 0 Å². The highest BCUT2D eigenvalue weighted by molar-refractivity contribution is 6.32. The van der Waals surface area contributed by atoms with Gasteiger partial charge in [0.25, 0.3) is 11.4 Å². The Bertz CT molecular complexity index is 763. The number of anilines is 1. The first-order valence-corrected chi connectivity index (χ1v) is 6.33. The number of benzene rings is 2. The normalized spacial score (nSPS) is 10.6. The van der Waals surface area contributed by atoms with Crippen molar-refractivity contribution in [2.75, 3.05) is 5.43 Å². The van der Waals surface area contributed by atoms with Crippen LogP contribution >= 0.6 is 11.6 Å². The second-order valence-electron chi connectivity index (χ2n) is 4.11. The molecule has 8 nitrogen and oxygen atoms in total. The van der Waals surface area contributed by atoms with Crippen LogP contribution in [0.4, 0.5) is 17.1 Å². The third-order valence-electron chi connectivity index (χ3n) is 2.67. The Kier molecular flexibility index (Phi) is 4.64. The van der Waals surface area contributed by atoms with E-state index in [1.165, 1.54) is 36.5 Å². The minimum atomic E-state index is -0.602. The summed E-state index contributed by atoms with van der Waals surface area (Å²) in [6, 6.07) is 10.2. The van der Waals surface area contributed by atoms with Gasteiger partial charge in [0.1, 0.15) is 10.7 Å². The molecule has 2 aromatic rings. The molecule has 0 aromatic heterocycles. The summed E-state index contributed by atoms with van der Waals surface area (Å²) in [6.07, 6.45) is 1.31. The molecule has 0 fully saturated rings. The first kappa shape index (κ1) is 15.4. The number of nitro groups is 2. The molecule has 22 heavy (non-hydrogen) atoms. The number of halogens is 1. The zero-order valence-corrected chi connectivity index (χ0v) is 11.7. The highest BCUT2D eigenvalue weighted by Gasteiger charge is 2.13. The molecule has 0 saturated carbocycles. The number of hydrazone groups is 1. The minimum absolute atomic E-state index is 0.0220. The highest BCUT2D eigenvalue weighted by atomic mass is 35.5. The number of hydrogen-bond acceptors (Lipinski definition) is 6. The standard InChI is InChI=1S/C13H9ClN4O4/c14-10-6-5-9(7-13(10)18(21)22)8-15-16-11-3-1-2-4-12(11)17(19)20/h1-8,16H/b15-8+. The molecule has 0 aliphatic heterocycles. The van der Waals surface area contributed by atoms with Crippen molar-refractivity contribution in [1.29, 1.82) is 0 Å². The van der Waals surface area contributed by atoms with Gasteiger partial charge in [-0.25, -0.2) is 0 Å². The van der Waals surface area contributed by atoms with Gasteiger partial charge in [-0.05, 0) is 12.1 Å². The molecule has 0 aliphatic carbocycles. The first-order chi connectivity index (χ1) is 10.5. The predicted octanol–water partition coefficient (Wildman–Crippen LogP) is 3.60. The second-order valence-corrected chi connectivity index (χ2v) is 4.52. The molecule has 0 spiro atoms. The smallest absolute Gasteiger partial charge is 0.272 e.